The largest absolute Gasteiger partial charge is 0.316 e. The first-order chi connectivity index (χ1) is 7.80. The molecule has 0 spiro atoms. The van der Waals surface area contributed by atoms with E-state index < -0.39 is 0 Å². The topological polar surface area (TPSA) is 42.7 Å². The van der Waals surface area contributed by atoms with Crippen molar-refractivity contribution in [1.29, 1.82) is 0 Å². The maximum absolute atomic E-state index is 4.39. The third-order valence-electron chi connectivity index (χ3n) is 4.20. The Hall–Kier alpha value is -0.900. The van der Waals surface area contributed by atoms with Gasteiger partial charge in [0.15, 0.2) is 0 Å². The van der Waals surface area contributed by atoms with E-state index in [2.05, 4.69) is 27.0 Å². The van der Waals surface area contributed by atoms with E-state index in [0.29, 0.717) is 6.04 Å². The van der Waals surface area contributed by atoms with Crippen LogP contribution in [0.3, 0.4) is 0 Å². The van der Waals surface area contributed by atoms with E-state index in [-0.39, 0.29) is 5.41 Å². The van der Waals surface area contributed by atoms with Crippen LogP contribution in [0.25, 0.3) is 0 Å². The lowest BCUT2D eigenvalue weighted by molar-refractivity contribution is 0.413. The molecule has 1 atom stereocenters. The van der Waals surface area contributed by atoms with Gasteiger partial charge in [-0.15, -0.1) is 10.2 Å². The quantitative estimate of drug-likeness (QED) is 0.824. The van der Waals surface area contributed by atoms with Gasteiger partial charge < -0.3 is 9.88 Å². The summed E-state index contributed by atoms with van der Waals surface area (Å²) in [6.07, 6.45) is 8.44. The highest BCUT2D eigenvalue weighted by Crippen LogP contribution is 2.35. The van der Waals surface area contributed by atoms with Crippen LogP contribution in [0, 0.1) is 0 Å². The molecule has 3 rings (SSSR count). The van der Waals surface area contributed by atoms with Gasteiger partial charge in [0, 0.05) is 18.0 Å². The Bertz CT molecular complexity index is 359. The molecule has 88 valence electrons. The van der Waals surface area contributed by atoms with Gasteiger partial charge in [0.25, 0.3) is 0 Å². The van der Waals surface area contributed by atoms with Crippen LogP contribution in [-0.4, -0.2) is 27.9 Å². The smallest absolute Gasteiger partial charge is 0.140 e. The predicted molar refractivity (Wildman–Crippen MR) is 62.4 cm³/mol. The SMILES string of the molecule is CC1(c2nncn2C2CCCC2)CCNC1. The highest BCUT2D eigenvalue weighted by atomic mass is 15.3. The van der Waals surface area contributed by atoms with Crippen molar-refractivity contribution in [3.05, 3.63) is 12.2 Å². The van der Waals surface area contributed by atoms with E-state index in [0.717, 1.165) is 13.1 Å². The summed E-state index contributed by atoms with van der Waals surface area (Å²) in [6.45, 7) is 4.45. The van der Waals surface area contributed by atoms with E-state index in [1.807, 2.05) is 6.33 Å². The molecule has 2 fully saturated rings. The van der Waals surface area contributed by atoms with Crippen LogP contribution in [-0.2, 0) is 5.41 Å². The Kier molecular flexibility index (Phi) is 2.46. The fourth-order valence-electron chi connectivity index (χ4n) is 3.13. The van der Waals surface area contributed by atoms with Crippen LogP contribution in [0.1, 0.15) is 50.9 Å². The lowest BCUT2D eigenvalue weighted by Gasteiger charge is -2.25. The van der Waals surface area contributed by atoms with Crippen LogP contribution in [0.4, 0.5) is 0 Å². The predicted octanol–water partition coefficient (Wildman–Crippen LogP) is 1.64. The van der Waals surface area contributed by atoms with Gasteiger partial charge in [0.2, 0.25) is 0 Å². The lowest BCUT2D eigenvalue weighted by atomic mass is 9.88. The third-order valence-corrected chi connectivity index (χ3v) is 4.20. The maximum Gasteiger partial charge on any atom is 0.140 e. The molecule has 1 aliphatic carbocycles. The van der Waals surface area contributed by atoms with Crippen molar-refractivity contribution in [2.45, 2.75) is 50.5 Å². The molecule has 0 amide bonds. The molecule has 2 aliphatic rings. The zero-order chi connectivity index (χ0) is 11.0. The summed E-state index contributed by atoms with van der Waals surface area (Å²) in [5.74, 6) is 1.20. The van der Waals surface area contributed by atoms with Gasteiger partial charge in [-0.25, -0.2) is 0 Å². The second-order valence-corrected chi connectivity index (χ2v) is 5.49. The molecule has 4 nitrogen and oxygen atoms in total. The van der Waals surface area contributed by atoms with E-state index in [1.54, 1.807) is 0 Å². The minimum atomic E-state index is 0.194. The number of hydrogen-bond donors (Lipinski definition) is 1. The maximum atomic E-state index is 4.39. The first-order valence-electron chi connectivity index (χ1n) is 6.40. The Balaban J connectivity index is 1.92. The first-order valence-corrected chi connectivity index (χ1v) is 6.40. The molecular formula is C12H20N4. The van der Waals surface area contributed by atoms with Crippen molar-refractivity contribution in [1.82, 2.24) is 20.1 Å². The normalized spacial score (nSPS) is 31.3. The molecular weight excluding hydrogens is 200 g/mol. The molecule has 0 aromatic carbocycles. The van der Waals surface area contributed by atoms with E-state index in [1.165, 1.54) is 37.9 Å². The number of nitrogens with one attached hydrogen (secondary N) is 1. The van der Waals surface area contributed by atoms with Crippen molar-refractivity contribution in [2.75, 3.05) is 13.1 Å². The molecule has 16 heavy (non-hydrogen) atoms. The summed E-state index contributed by atoms with van der Waals surface area (Å²) in [7, 11) is 0. The van der Waals surface area contributed by atoms with Gasteiger partial charge in [0.05, 0.1) is 0 Å². The van der Waals surface area contributed by atoms with E-state index >= 15 is 0 Å². The summed E-state index contributed by atoms with van der Waals surface area (Å²) >= 11 is 0. The number of hydrogen-bond acceptors (Lipinski definition) is 3. The van der Waals surface area contributed by atoms with Gasteiger partial charge >= 0.3 is 0 Å². The highest BCUT2D eigenvalue weighted by Gasteiger charge is 2.36. The van der Waals surface area contributed by atoms with Gasteiger partial charge in [0.1, 0.15) is 12.2 Å². The Labute approximate surface area is 96.4 Å². The summed E-state index contributed by atoms with van der Waals surface area (Å²) in [4.78, 5) is 0. The Morgan fingerprint density at radius 3 is 2.94 bits per heavy atom. The van der Waals surface area contributed by atoms with Crippen LogP contribution < -0.4 is 5.32 Å². The molecule has 1 unspecified atom stereocenters. The molecule has 1 saturated heterocycles. The number of rotatable bonds is 2. The summed E-state index contributed by atoms with van der Waals surface area (Å²) in [5, 5.41) is 12.0. The third kappa shape index (κ3) is 1.56. The monoisotopic (exact) mass is 220 g/mol. The summed E-state index contributed by atoms with van der Waals surface area (Å²) in [5.41, 5.74) is 0.194. The van der Waals surface area contributed by atoms with Crippen molar-refractivity contribution in [3.8, 4) is 0 Å². The summed E-state index contributed by atoms with van der Waals surface area (Å²) in [6, 6.07) is 0.655. The fraction of sp³-hybridized carbons (Fsp3) is 0.833. The molecule has 2 heterocycles. The number of aromatic nitrogens is 3. The van der Waals surface area contributed by atoms with Crippen LogP contribution in [0.2, 0.25) is 0 Å². The van der Waals surface area contributed by atoms with Gasteiger partial charge in [-0.1, -0.05) is 19.8 Å². The van der Waals surface area contributed by atoms with E-state index in [9.17, 15) is 0 Å². The van der Waals surface area contributed by atoms with Gasteiger partial charge in [-0.05, 0) is 25.8 Å². The van der Waals surface area contributed by atoms with Crippen molar-refractivity contribution in [2.24, 2.45) is 0 Å². The molecule has 0 bridgehead atoms. The molecule has 4 heteroatoms. The molecule has 1 N–H and O–H groups in total. The molecule has 0 radical (unpaired) electrons. The molecule has 1 aliphatic heterocycles. The van der Waals surface area contributed by atoms with Crippen LogP contribution >= 0.6 is 0 Å². The zero-order valence-electron chi connectivity index (χ0n) is 9.95. The second kappa shape index (κ2) is 3.84. The standard InChI is InChI=1S/C12H20N4/c1-12(6-7-13-8-12)11-15-14-9-16(11)10-4-2-3-5-10/h9-10,13H,2-8H2,1H3. The van der Waals surface area contributed by atoms with Crippen LogP contribution in [0.15, 0.2) is 6.33 Å². The Morgan fingerprint density at radius 1 is 1.44 bits per heavy atom. The fourth-order valence-corrected chi connectivity index (χ4v) is 3.13. The van der Waals surface area contributed by atoms with Crippen LogP contribution in [0.5, 0.6) is 0 Å². The number of nitrogens with zero attached hydrogens (tertiary/aromatic N) is 3. The Morgan fingerprint density at radius 2 is 2.25 bits per heavy atom. The minimum absolute atomic E-state index is 0.194. The van der Waals surface area contributed by atoms with Crippen molar-refractivity contribution >= 4 is 0 Å². The summed E-state index contributed by atoms with van der Waals surface area (Å²) < 4.78 is 2.35. The van der Waals surface area contributed by atoms with E-state index in [4.69, 9.17) is 0 Å². The second-order valence-electron chi connectivity index (χ2n) is 5.49. The average Bonchev–Trinajstić information content (AvgIpc) is 2.98. The molecule has 1 saturated carbocycles. The zero-order valence-corrected chi connectivity index (χ0v) is 9.95. The molecule has 1 aromatic rings. The molecule has 1 aromatic heterocycles. The minimum Gasteiger partial charge on any atom is -0.316 e. The van der Waals surface area contributed by atoms with Crippen molar-refractivity contribution < 1.29 is 0 Å². The average molecular weight is 220 g/mol. The first kappa shape index (κ1) is 10.3. The lowest BCUT2D eigenvalue weighted by Crippen LogP contribution is -2.30. The van der Waals surface area contributed by atoms with Gasteiger partial charge in [-0.2, -0.15) is 0 Å². The highest BCUT2D eigenvalue weighted by molar-refractivity contribution is 5.11. The van der Waals surface area contributed by atoms with Gasteiger partial charge in [-0.3, -0.25) is 0 Å². The van der Waals surface area contributed by atoms with Crippen molar-refractivity contribution in [3.63, 3.8) is 0 Å².